The summed E-state index contributed by atoms with van der Waals surface area (Å²) in [7, 11) is 0. The summed E-state index contributed by atoms with van der Waals surface area (Å²) in [5.41, 5.74) is 4.72. The Labute approximate surface area is 238 Å². The number of rotatable bonds is 10. The molecule has 2 N–H and O–H groups in total. The van der Waals surface area contributed by atoms with Crippen molar-refractivity contribution in [2.45, 2.75) is 56.7 Å². The van der Waals surface area contributed by atoms with Crippen LogP contribution in [0.15, 0.2) is 66.7 Å². The summed E-state index contributed by atoms with van der Waals surface area (Å²) in [6, 6.07) is 16.2. The number of carboxylic acids is 1. The Hall–Kier alpha value is -2.55. The summed E-state index contributed by atoms with van der Waals surface area (Å²) in [5.74, 6) is -1.47. The van der Waals surface area contributed by atoms with Crippen molar-refractivity contribution in [2.75, 3.05) is 0 Å². The monoisotopic (exact) mass is 512 g/mol. The van der Waals surface area contributed by atoms with Crippen LogP contribution in [0.2, 0.25) is 0 Å². The van der Waals surface area contributed by atoms with Crippen molar-refractivity contribution in [3.8, 4) is 5.69 Å². The number of allylic oxidation sites excluding steroid dienone is 1. The Bertz CT molecular complexity index is 1220. The molecule has 1 unspecified atom stereocenters. The third kappa shape index (κ3) is 7.97. The van der Waals surface area contributed by atoms with Crippen molar-refractivity contribution in [2.24, 2.45) is 0 Å². The molecule has 1 heterocycles. The summed E-state index contributed by atoms with van der Waals surface area (Å²) in [5, 5.41) is 35.8. The quantitative estimate of drug-likeness (QED) is 0.392. The molecule has 1 aliphatic carbocycles. The van der Waals surface area contributed by atoms with Gasteiger partial charge in [0, 0.05) is 30.3 Å². The van der Waals surface area contributed by atoms with Gasteiger partial charge in [-0.05, 0) is 61.6 Å². The first-order chi connectivity index (χ1) is 17.4. The number of aliphatic hydroxyl groups excluding tert-OH is 2. The zero-order chi connectivity index (χ0) is 25.5. The number of carbonyl (C=O) groups is 1. The van der Waals surface area contributed by atoms with Gasteiger partial charge in [-0.3, -0.25) is 0 Å². The smallest absolute Gasteiger partial charge is 0.550 e. The molecule has 3 aromatic rings. The van der Waals surface area contributed by atoms with Crippen LogP contribution in [0.25, 0.3) is 17.8 Å². The van der Waals surface area contributed by atoms with E-state index in [1.54, 1.807) is 22.9 Å². The van der Waals surface area contributed by atoms with E-state index in [-0.39, 0.29) is 47.7 Å². The van der Waals surface area contributed by atoms with Gasteiger partial charge in [0.2, 0.25) is 0 Å². The van der Waals surface area contributed by atoms with Gasteiger partial charge in [-0.25, -0.2) is 9.07 Å². The van der Waals surface area contributed by atoms with Crippen molar-refractivity contribution in [1.29, 1.82) is 0 Å². The summed E-state index contributed by atoms with van der Waals surface area (Å²) >= 11 is 0. The van der Waals surface area contributed by atoms with Crippen molar-refractivity contribution in [3.63, 3.8) is 0 Å². The summed E-state index contributed by atoms with van der Waals surface area (Å²) in [6.45, 7) is 0. The second-order valence-electron chi connectivity index (χ2n) is 9.17. The Morgan fingerprint density at radius 3 is 2.57 bits per heavy atom. The Kier molecular flexibility index (Phi) is 10.9. The SMILES string of the molecule is O=C([O-])C[C@H](O)C[C@H](O)/C=C/c1c2c(nn1-c1ccc(F)cc1)C(C/C=C/c1ccccc1)CCC2.[Na+]. The number of hydrogen-bond donors (Lipinski definition) is 2. The molecule has 3 atom stereocenters. The number of nitrogens with zero attached hydrogens (tertiary/aromatic N) is 2. The van der Waals surface area contributed by atoms with Gasteiger partial charge in [-0.2, -0.15) is 5.10 Å². The van der Waals surface area contributed by atoms with Gasteiger partial charge in [-0.1, -0.05) is 48.6 Å². The molecule has 6 nitrogen and oxygen atoms in total. The molecular formula is C29H30FN2NaO4. The Balaban J connectivity index is 0.00000380. The third-order valence-electron chi connectivity index (χ3n) is 6.41. The van der Waals surface area contributed by atoms with Gasteiger partial charge in [0.15, 0.2) is 0 Å². The zero-order valence-electron chi connectivity index (χ0n) is 21.0. The van der Waals surface area contributed by atoms with E-state index in [1.807, 2.05) is 18.2 Å². The molecule has 1 aliphatic rings. The number of carboxylic acid groups (broad SMARTS) is 1. The maximum atomic E-state index is 13.6. The fraction of sp³-hybridized carbons (Fsp3) is 0.310. The van der Waals surface area contributed by atoms with Crippen LogP contribution in [-0.2, 0) is 11.2 Å². The molecule has 188 valence electrons. The fourth-order valence-electron chi connectivity index (χ4n) is 4.67. The van der Waals surface area contributed by atoms with Crippen LogP contribution in [0, 0.1) is 5.82 Å². The average Bonchev–Trinajstić information content (AvgIpc) is 3.22. The summed E-state index contributed by atoms with van der Waals surface area (Å²) in [4.78, 5) is 10.7. The van der Waals surface area contributed by atoms with Gasteiger partial charge in [0.1, 0.15) is 5.82 Å². The molecule has 0 spiro atoms. The minimum atomic E-state index is -1.37. The molecule has 37 heavy (non-hydrogen) atoms. The van der Waals surface area contributed by atoms with Crippen LogP contribution < -0.4 is 34.7 Å². The summed E-state index contributed by atoms with van der Waals surface area (Å²) < 4.78 is 15.4. The van der Waals surface area contributed by atoms with Crippen LogP contribution in [0.4, 0.5) is 4.39 Å². The molecule has 0 saturated carbocycles. The topological polar surface area (TPSA) is 98.4 Å². The van der Waals surface area contributed by atoms with E-state index in [0.29, 0.717) is 5.69 Å². The second-order valence-corrected chi connectivity index (χ2v) is 9.17. The van der Waals surface area contributed by atoms with Gasteiger partial charge in [-0.15, -0.1) is 0 Å². The molecule has 0 saturated heterocycles. The zero-order valence-corrected chi connectivity index (χ0v) is 23.0. The number of hydrogen-bond acceptors (Lipinski definition) is 5. The van der Waals surface area contributed by atoms with E-state index >= 15 is 0 Å². The van der Waals surface area contributed by atoms with Crippen LogP contribution in [0.5, 0.6) is 0 Å². The van der Waals surface area contributed by atoms with E-state index in [0.717, 1.165) is 48.2 Å². The number of aromatic nitrogens is 2. The van der Waals surface area contributed by atoms with Crippen molar-refractivity contribution < 1.29 is 54.1 Å². The normalized spacial score (nSPS) is 16.9. The first-order valence-electron chi connectivity index (χ1n) is 12.2. The second kappa shape index (κ2) is 13.8. The molecule has 0 aliphatic heterocycles. The molecule has 0 fully saturated rings. The Morgan fingerprint density at radius 2 is 1.86 bits per heavy atom. The maximum absolute atomic E-state index is 13.6. The van der Waals surface area contributed by atoms with Gasteiger partial charge in [0.25, 0.3) is 0 Å². The van der Waals surface area contributed by atoms with Crippen molar-refractivity contribution in [3.05, 3.63) is 95.1 Å². The van der Waals surface area contributed by atoms with Crippen LogP contribution in [-0.4, -0.2) is 38.2 Å². The van der Waals surface area contributed by atoms with Crippen LogP contribution in [0.1, 0.15) is 60.5 Å². The number of aliphatic carboxylic acids is 1. The fourth-order valence-corrected chi connectivity index (χ4v) is 4.67. The molecule has 4 rings (SSSR count). The Morgan fingerprint density at radius 1 is 1.14 bits per heavy atom. The van der Waals surface area contributed by atoms with Crippen LogP contribution in [0.3, 0.4) is 0 Å². The van der Waals surface area contributed by atoms with E-state index < -0.39 is 24.6 Å². The van der Waals surface area contributed by atoms with Gasteiger partial charge < -0.3 is 20.1 Å². The molecule has 0 radical (unpaired) electrons. The molecular weight excluding hydrogens is 482 g/mol. The maximum Gasteiger partial charge on any atom is 1.00 e. The van der Waals surface area contributed by atoms with Crippen molar-refractivity contribution >= 4 is 18.1 Å². The predicted octanol–water partition coefficient (Wildman–Crippen LogP) is 0.804. The number of aliphatic hydroxyl groups is 2. The largest absolute Gasteiger partial charge is 1.00 e. The number of halogens is 1. The molecule has 0 amide bonds. The molecule has 1 aromatic heterocycles. The first-order valence-corrected chi connectivity index (χ1v) is 12.2. The van der Waals surface area contributed by atoms with E-state index in [2.05, 4.69) is 24.3 Å². The minimum Gasteiger partial charge on any atom is -0.550 e. The molecule has 8 heteroatoms. The van der Waals surface area contributed by atoms with Gasteiger partial charge >= 0.3 is 29.6 Å². The standard InChI is InChI=1S/C29H31FN2O4.Na/c30-22-12-14-23(15-13-22)32-27(17-16-24(33)18-25(34)19-28(35)36)26-11-5-10-21(29(26)31-32)9-4-8-20-6-2-1-3-7-20;/h1-4,6-8,12-17,21,24-25,33-34H,5,9-11,18-19H2,(H,35,36);/q;+1/p-1/b8-4+,17-16+;/t21?,24-,25-;/m1./s1. The third-order valence-corrected chi connectivity index (χ3v) is 6.41. The molecule has 2 aromatic carbocycles. The minimum absolute atomic E-state index is 0. The van der Waals surface area contributed by atoms with Crippen molar-refractivity contribution in [1.82, 2.24) is 9.78 Å². The number of carbonyl (C=O) groups excluding carboxylic acids is 1. The van der Waals surface area contributed by atoms with Crippen LogP contribution >= 0.6 is 0 Å². The summed E-state index contributed by atoms with van der Waals surface area (Å²) in [6.07, 6.45) is 8.35. The van der Waals surface area contributed by atoms with E-state index in [4.69, 9.17) is 5.10 Å². The van der Waals surface area contributed by atoms with E-state index in [1.165, 1.54) is 18.2 Å². The van der Waals surface area contributed by atoms with E-state index in [9.17, 15) is 24.5 Å². The van der Waals surface area contributed by atoms with Gasteiger partial charge in [0.05, 0.1) is 29.3 Å². The molecule has 0 bridgehead atoms. The number of benzene rings is 2. The first kappa shape index (κ1) is 29.0. The predicted molar refractivity (Wildman–Crippen MR) is 135 cm³/mol. The number of fused-ring (bicyclic) bond motifs is 1. The average molecular weight is 513 g/mol.